The molecule has 0 radical (unpaired) electrons. The molecule has 2 rings (SSSR count). The topological polar surface area (TPSA) is 106 Å². The average molecular weight is 281 g/mol. The van der Waals surface area contributed by atoms with E-state index in [2.05, 4.69) is 4.98 Å². The lowest BCUT2D eigenvalue weighted by Crippen LogP contribution is -2.41. The Kier molecular flexibility index (Phi) is 3.84. The van der Waals surface area contributed by atoms with E-state index in [-0.39, 0.29) is 24.7 Å². The summed E-state index contributed by atoms with van der Waals surface area (Å²) in [6.45, 7) is 2.03. The Hall–Kier alpha value is -2.22. The third-order valence-electron chi connectivity index (χ3n) is 3.39. The minimum absolute atomic E-state index is 0.101. The first-order valence-corrected chi connectivity index (χ1v) is 6.07. The van der Waals surface area contributed by atoms with Crippen molar-refractivity contribution in [1.82, 2.24) is 4.98 Å². The molecule has 108 valence electrons. The van der Waals surface area contributed by atoms with E-state index in [0.717, 1.165) is 0 Å². The highest BCUT2D eigenvalue weighted by molar-refractivity contribution is 5.73. The molecule has 2 atom stereocenters. The summed E-state index contributed by atoms with van der Waals surface area (Å²) >= 11 is 0. The van der Waals surface area contributed by atoms with Gasteiger partial charge in [0.25, 0.3) is 0 Å². The summed E-state index contributed by atoms with van der Waals surface area (Å²) < 4.78 is 5.18. The van der Waals surface area contributed by atoms with Crippen LogP contribution >= 0.6 is 0 Å². The number of hydrogen-bond acceptors (Lipinski definition) is 6. The fourth-order valence-corrected chi connectivity index (χ4v) is 2.26. The highest BCUT2D eigenvalue weighted by Crippen LogP contribution is 2.30. The van der Waals surface area contributed by atoms with Crippen LogP contribution in [0.5, 0.6) is 0 Å². The summed E-state index contributed by atoms with van der Waals surface area (Å²) in [6, 6.07) is 2.45. The molecule has 2 heterocycles. The number of aromatic nitrogens is 1. The number of rotatable bonds is 4. The molecule has 1 aromatic heterocycles. The fourth-order valence-electron chi connectivity index (χ4n) is 2.26. The minimum Gasteiger partial charge on any atom is -0.481 e. The van der Waals surface area contributed by atoms with Crippen LogP contribution in [0, 0.1) is 23.0 Å². The second-order valence-electron chi connectivity index (χ2n) is 4.71. The first-order valence-electron chi connectivity index (χ1n) is 6.07. The van der Waals surface area contributed by atoms with Crippen LogP contribution in [0.1, 0.15) is 5.69 Å². The van der Waals surface area contributed by atoms with E-state index in [1.54, 1.807) is 20.0 Å². The second kappa shape index (κ2) is 5.41. The Labute approximate surface area is 115 Å². The predicted molar refractivity (Wildman–Crippen MR) is 69.8 cm³/mol. The van der Waals surface area contributed by atoms with Crippen molar-refractivity contribution in [3.05, 3.63) is 27.9 Å². The van der Waals surface area contributed by atoms with Gasteiger partial charge in [-0.25, -0.2) is 4.98 Å². The van der Waals surface area contributed by atoms with E-state index >= 15 is 0 Å². The number of likely N-dealkylation sites (N-methyl/N-ethyl adjacent to an activating group) is 1. The second-order valence-corrected chi connectivity index (χ2v) is 4.71. The lowest BCUT2D eigenvalue weighted by molar-refractivity contribution is -0.384. The van der Waals surface area contributed by atoms with Gasteiger partial charge in [0.2, 0.25) is 5.82 Å². The molecule has 1 aliphatic rings. The van der Waals surface area contributed by atoms with Gasteiger partial charge in [0.15, 0.2) is 0 Å². The zero-order valence-electron chi connectivity index (χ0n) is 11.1. The first-order chi connectivity index (χ1) is 9.41. The lowest BCUT2D eigenvalue weighted by atomic mass is 10.0. The largest absolute Gasteiger partial charge is 0.481 e. The van der Waals surface area contributed by atoms with Crippen molar-refractivity contribution in [1.29, 1.82) is 0 Å². The summed E-state index contributed by atoms with van der Waals surface area (Å²) in [5, 5.41) is 20.2. The number of pyridine rings is 1. The van der Waals surface area contributed by atoms with Crippen molar-refractivity contribution >= 4 is 17.5 Å². The molecule has 8 nitrogen and oxygen atoms in total. The smallest absolute Gasteiger partial charge is 0.311 e. The molecule has 0 aliphatic carbocycles. The van der Waals surface area contributed by atoms with E-state index in [1.165, 1.54) is 11.0 Å². The van der Waals surface area contributed by atoms with E-state index in [9.17, 15) is 14.9 Å². The Morgan fingerprint density at radius 3 is 2.85 bits per heavy atom. The number of carboxylic acids is 1. The molecule has 0 amide bonds. The Morgan fingerprint density at radius 2 is 2.25 bits per heavy atom. The van der Waals surface area contributed by atoms with Crippen molar-refractivity contribution in [2.24, 2.45) is 5.92 Å². The third-order valence-corrected chi connectivity index (χ3v) is 3.39. The maximum absolute atomic E-state index is 11.2. The molecule has 20 heavy (non-hydrogen) atoms. The van der Waals surface area contributed by atoms with Crippen molar-refractivity contribution < 1.29 is 19.6 Å². The number of nitrogens with zero attached hydrogens (tertiary/aromatic N) is 3. The zero-order valence-corrected chi connectivity index (χ0v) is 11.1. The van der Waals surface area contributed by atoms with E-state index in [1.807, 2.05) is 0 Å². The summed E-state index contributed by atoms with van der Waals surface area (Å²) in [4.78, 5) is 27.4. The Morgan fingerprint density at radius 1 is 1.55 bits per heavy atom. The molecule has 0 bridgehead atoms. The molecule has 2 unspecified atom stereocenters. The number of aliphatic carboxylic acids is 1. The quantitative estimate of drug-likeness (QED) is 0.643. The number of hydrogen-bond donors (Lipinski definition) is 1. The number of carboxylic acid groups (broad SMARTS) is 1. The zero-order chi connectivity index (χ0) is 14.9. The molecule has 0 spiro atoms. The third kappa shape index (κ3) is 2.55. The van der Waals surface area contributed by atoms with Gasteiger partial charge >= 0.3 is 11.7 Å². The van der Waals surface area contributed by atoms with E-state index in [4.69, 9.17) is 9.84 Å². The molecule has 1 aliphatic heterocycles. The summed E-state index contributed by atoms with van der Waals surface area (Å²) in [6.07, 6.45) is 0. The predicted octanol–water partition coefficient (Wildman–Crippen LogP) is 0.834. The van der Waals surface area contributed by atoms with Crippen LogP contribution in [0.15, 0.2) is 12.1 Å². The molecule has 1 saturated heterocycles. The number of carbonyl (C=O) groups is 1. The van der Waals surface area contributed by atoms with Gasteiger partial charge in [-0.3, -0.25) is 14.9 Å². The van der Waals surface area contributed by atoms with Gasteiger partial charge in [0.1, 0.15) is 5.92 Å². The molecule has 1 N–H and O–H groups in total. The van der Waals surface area contributed by atoms with Gasteiger partial charge in [0, 0.05) is 18.8 Å². The van der Waals surface area contributed by atoms with Crippen LogP contribution in [0.4, 0.5) is 11.5 Å². The number of ether oxygens (including phenoxy) is 1. The van der Waals surface area contributed by atoms with Crippen molar-refractivity contribution in [2.75, 3.05) is 25.2 Å². The summed E-state index contributed by atoms with van der Waals surface area (Å²) in [7, 11) is 1.60. The highest BCUT2D eigenvalue weighted by atomic mass is 16.6. The molecule has 8 heteroatoms. The van der Waals surface area contributed by atoms with Crippen LogP contribution in [-0.2, 0) is 9.53 Å². The van der Waals surface area contributed by atoms with Gasteiger partial charge in [0.05, 0.1) is 24.2 Å². The van der Waals surface area contributed by atoms with Crippen LogP contribution in [0.25, 0.3) is 0 Å². The van der Waals surface area contributed by atoms with Crippen molar-refractivity contribution in [3.63, 3.8) is 0 Å². The van der Waals surface area contributed by atoms with Crippen LogP contribution in [-0.4, -0.2) is 47.3 Å². The van der Waals surface area contributed by atoms with Gasteiger partial charge in [-0.05, 0) is 13.0 Å². The van der Waals surface area contributed by atoms with Crippen molar-refractivity contribution in [3.8, 4) is 0 Å². The molecular weight excluding hydrogens is 266 g/mol. The normalized spacial score (nSPS) is 21.7. The number of aryl methyl sites for hydroxylation is 1. The summed E-state index contributed by atoms with van der Waals surface area (Å²) in [5.41, 5.74) is 0.484. The molecule has 1 aromatic rings. The number of anilines is 1. The maximum atomic E-state index is 11.2. The Bertz CT molecular complexity index is 548. The SMILES string of the molecule is Cc1ccc([N+](=O)[O-])c(N(C)C2COCC2C(=O)O)n1. The monoisotopic (exact) mass is 281 g/mol. The van der Waals surface area contributed by atoms with Crippen LogP contribution < -0.4 is 4.90 Å². The van der Waals surface area contributed by atoms with Gasteiger partial charge in [-0.15, -0.1) is 0 Å². The molecule has 1 fully saturated rings. The van der Waals surface area contributed by atoms with E-state index < -0.39 is 22.9 Å². The van der Waals surface area contributed by atoms with Gasteiger partial charge < -0.3 is 14.7 Å². The highest BCUT2D eigenvalue weighted by Gasteiger charge is 2.39. The molecule has 0 aromatic carbocycles. The maximum Gasteiger partial charge on any atom is 0.311 e. The Balaban J connectivity index is 2.37. The van der Waals surface area contributed by atoms with Gasteiger partial charge in [-0.2, -0.15) is 0 Å². The van der Waals surface area contributed by atoms with E-state index in [0.29, 0.717) is 5.69 Å². The van der Waals surface area contributed by atoms with Crippen LogP contribution in [0.2, 0.25) is 0 Å². The lowest BCUT2D eigenvalue weighted by Gasteiger charge is -2.27. The van der Waals surface area contributed by atoms with Crippen LogP contribution in [0.3, 0.4) is 0 Å². The first kappa shape index (κ1) is 14.2. The number of nitro groups is 1. The molecule has 0 saturated carbocycles. The summed E-state index contributed by atoms with van der Waals surface area (Å²) in [5.74, 6) is -1.53. The van der Waals surface area contributed by atoms with Gasteiger partial charge in [-0.1, -0.05) is 0 Å². The molecular formula is C12H15N3O5. The fraction of sp³-hybridized carbons (Fsp3) is 0.500. The minimum atomic E-state index is -0.977. The van der Waals surface area contributed by atoms with Crippen molar-refractivity contribution in [2.45, 2.75) is 13.0 Å². The standard InChI is InChI=1S/C12H15N3O5/c1-7-3-4-9(15(18)19)11(13-7)14(2)10-6-20-5-8(10)12(16)17/h3-4,8,10H,5-6H2,1-2H3,(H,16,17). The average Bonchev–Trinajstić information content (AvgIpc) is 2.86.